The van der Waals surface area contributed by atoms with Crippen LogP contribution < -0.4 is 15.7 Å². The molecule has 8 nitrogen and oxygen atoms in total. The van der Waals surface area contributed by atoms with Crippen LogP contribution in [0.25, 0.3) is 16.9 Å². The number of amides is 1. The molecule has 31 heavy (non-hydrogen) atoms. The predicted octanol–water partition coefficient (Wildman–Crippen LogP) is 3.31. The maximum Gasteiger partial charge on any atom is 0.352 e. The molecule has 158 valence electrons. The number of aryl methyl sites for hydroxylation is 1. The van der Waals surface area contributed by atoms with Crippen LogP contribution in [0.4, 0.5) is 10.1 Å². The second kappa shape index (κ2) is 8.19. The van der Waals surface area contributed by atoms with Crippen molar-refractivity contribution in [2.75, 3.05) is 12.4 Å². The lowest BCUT2D eigenvalue weighted by Crippen LogP contribution is -2.29. The van der Waals surface area contributed by atoms with Crippen LogP contribution in [0.2, 0.25) is 5.02 Å². The van der Waals surface area contributed by atoms with Crippen molar-refractivity contribution in [3.05, 3.63) is 75.7 Å². The Morgan fingerprint density at radius 2 is 1.94 bits per heavy atom. The third-order valence-corrected chi connectivity index (χ3v) is 4.86. The average molecular weight is 442 g/mol. The Morgan fingerprint density at radius 1 is 1.19 bits per heavy atom. The molecule has 1 N–H and O–H groups in total. The zero-order chi connectivity index (χ0) is 22.1. The van der Waals surface area contributed by atoms with E-state index in [-0.39, 0.29) is 17.3 Å². The number of hydrogen-bond donors (Lipinski definition) is 1. The van der Waals surface area contributed by atoms with Gasteiger partial charge in [-0.1, -0.05) is 11.6 Å². The number of ether oxygens (including phenoxy) is 1. The summed E-state index contributed by atoms with van der Waals surface area (Å²) in [4.78, 5) is 29.5. The van der Waals surface area contributed by atoms with E-state index in [0.717, 1.165) is 16.3 Å². The summed E-state index contributed by atoms with van der Waals surface area (Å²) in [6, 6.07) is 12.8. The molecule has 2 aromatic carbocycles. The van der Waals surface area contributed by atoms with Crippen molar-refractivity contribution in [2.45, 2.75) is 13.5 Å². The normalized spacial score (nSPS) is 11.0. The third-order valence-electron chi connectivity index (χ3n) is 4.62. The van der Waals surface area contributed by atoms with Crippen LogP contribution in [0.5, 0.6) is 5.75 Å². The molecule has 0 saturated carbocycles. The van der Waals surface area contributed by atoms with Gasteiger partial charge in [0.05, 0.1) is 18.5 Å². The monoisotopic (exact) mass is 441 g/mol. The van der Waals surface area contributed by atoms with Gasteiger partial charge in [-0.3, -0.25) is 4.79 Å². The van der Waals surface area contributed by atoms with Gasteiger partial charge in [0.15, 0.2) is 5.65 Å². The lowest BCUT2D eigenvalue weighted by molar-refractivity contribution is -0.117. The molecule has 4 aromatic rings. The minimum Gasteiger partial charge on any atom is -0.497 e. The van der Waals surface area contributed by atoms with Crippen LogP contribution in [0.3, 0.4) is 0 Å². The first-order chi connectivity index (χ1) is 14.9. The number of aromatic nitrogens is 4. The van der Waals surface area contributed by atoms with Crippen LogP contribution in [0.15, 0.2) is 53.3 Å². The number of rotatable bonds is 5. The molecule has 0 aliphatic heterocycles. The first-order valence-electron chi connectivity index (χ1n) is 9.22. The van der Waals surface area contributed by atoms with Crippen LogP contribution >= 0.6 is 11.6 Å². The standard InChI is InChI=1S/C21H17ClFN5O3/c1-12-24-18(13-3-6-15(31-2)7-4-13)10-19-26-27(21(30)28(12)19)11-20(29)25-17-8-5-14(22)9-16(17)23/h3-10H,11H2,1-2H3,(H,25,29). The number of benzene rings is 2. The summed E-state index contributed by atoms with van der Waals surface area (Å²) in [6.07, 6.45) is 0. The number of halogens is 2. The molecule has 0 radical (unpaired) electrons. The van der Waals surface area contributed by atoms with Crippen molar-refractivity contribution in [2.24, 2.45) is 0 Å². The van der Waals surface area contributed by atoms with Crippen molar-refractivity contribution in [1.82, 2.24) is 19.2 Å². The number of hydrogen-bond acceptors (Lipinski definition) is 5. The predicted molar refractivity (Wildman–Crippen MR) is 114 cm³/mol. The van der Waals surface area contributed by atoms with Crippen LogP contribution in [-0.4, -0.2) is 32.2 Å². The summed E-state index contributed by atoms with van der Waals surface area (Å²) < 4.78 is 21.4. The highest BCUT2D eigenvalue weighted by Gasteiger charge is 2.16. The van der Waals surface area contributed by atoms with E-state index in [1.165, 1.54) is 16.5 Å². The van der Waals surface area contributed by atoms with Crippen molar-refractivity contribution in [1.29, 1.82) is 0 Å². The molecule has 0 aliphatic rings. The molecule has 4 rings (SSSR count). The number of methoxy groups -OCH3 is 1. The fraction of sp³-hybridized carbons (Fsp3) is 0.143. The number of fused-ring (bicyclic) bond motifs is 1. The fourth-order valence-corrected chi connectivity index (χ4v) is 3.29. The molecule has 0 spiro atoms. The van der Waals surface area contributed by atoms with Gasteiger partial charge in [-0.15, -0.1) is 5.10 Å². The highest BCUT2D eigenvalue weighted by atomic mass is 35.5. The molecule has 0 saturated heterocycles. The summed E-state index contributed by atoms with van der Waals surface area (Å²) >= 11 is 5.71. The topological polar surface area (TPSA) is 90.5 Å². The van der Waals surface area contributed by atoms with Gasteiger partial charge in [-0.2, -0.15) is 0 Å². The molecule has 0 bridgehead atoms. The molecular formula is C21H17ClFN5O3. The van der Waals surface area contributed by atoms with Crippen LogP contribution in [0.1, 0.15) is 5.82 Å². The van der Waals surface area contributed by atoms with Gasteiger partial charge >= 0.3 is 5.69 Å². The minimum absolute atomic E-state index is 0.0362. The lowest BCUT2D eigenvalue weighted by Gasteiger charge is -2.06. The third kappa shape index (κ3) is 4.13. The number of nitrogens with one attached hydrogen (secondary N) is 1. The SMILES string of the molecule is COc1ccc(-c2cc3nn(CC(=O)Nc4ccc(Cl)cc4F)c(=O)n3c(C)n2)cc1. The van der Waals surface area contributed by atoms with E-state index in [0.29, 0.717) is 22.9 Å². The Balaban J connectivity index is 1.63. The van der Waals surface area contributed by atoms with Gasteiger partial charge in [0.1, 0.15) is 23.9 Å². The molecule has 2 heterocycles. The van der Waals surface area contributed by atoms with E-state index >= 15 is 0 Å². The number of nitrogens with zero attached hydrogens (tertiary/aromatic N) is 4. The maximum absolute atomic E-state index is 13.9. The molecule has 2 aromatic heterocycles. The van der Waals surface area contributed by atoms with Gasteiger partial charge in [0, 0.05) is 16.7 Å². The van der Waals surface area contributed by atoms with Crippen LogP contribution in [-0.2, 0) is 11.3 Å². The van der Waals surface area contributed by atoms with Gasteiger partial charge < -0.3 is 10.1 Å². The summed E-state index contributed by atoms with van der Waals surface area (Å²) in [5, 5.41) is 6.86. The molecular weight excluding hydrogens is 425 g/mol. The first kappa shape index (κ1) is 20.5. The number of carbonyl (C=O) groups is 1. The van der Waals surface area contributed by atoms with E-state index in [4.69, 9.17) is 16.3 Å². The van der Waals surface area contributed by atoms with E-state index in [9.17, 15) is 14.0 Å². The smallest absolute Gasteiger partial charge is 0.352 e. The van der Waals surface area contributed by atoms with E-state index in [1.54, 1.807) is 20.1 Å². The molecule has 0 atom stereocenters. The summed E-state index contributed by atoms with van der Waals surface area (Å²) in [5.74, 6) is -0.144. The van der Waals surface area contributed by atoms with Gasteiger partial charge in [0.25, 0.3) is 0 Å². The Labute approximate surface area is 180 Å². The highest BCUT2D eigenvalue weighted by Crippen LogP contribution is 2.22. The zero-order valence-electron chi connectivity index (χ0n) is 16.6. The summed E-state index contributed by atoms with van der Waals surface area (Å²) in [5.41, 5.74) is 1.23. The second-order valence-corrected chi connectivity index (χ2v) is 7.16. The van der Waals surface area contributed by atoms with E-state index in [1.807, 2.05) is 24.3 Å². The van der Waals surface area contributed by atoms with E-state index in [2.05, 4.69) is 15.4 Å². The average Bonchev–Trinajstić information content (AvgIpc) is 3.05. The van der Waals surface area contributed by atoms with Gasteiger partial charge in [-0.25, -0.2) is 23.3 Å². The van der Waals surface area contributed by atoms with E-state index < -0.39 is 17.4 Å². The Hall–Kier alpha value is -3.72. The van der Waals surface area contributed by atoms with Crippen molar-refractivity contribution in [3.8, 4) is 17.0 Å². The Kier molecular flexibility index (Phi) is 5.43. The number of anilines is 1. The summed E-state index contributed by atoms with van der Waals surface area (Å²) in [7, 11) is 1.58. The quantitative estimate of drug-likeness (QED) is 0.513. The first-order valence-corrected chi connectivity index (χ1v) is 9.60. The summed E-state index contributed by atoms with van der Waals surface area (Å²) in [6.45, 7) is 1.29. The maximum atomic E-state index is 13.9. The van der Waals surface area contributed by atoms with Crippen LogP contribution in [0, 0.1) is 12.7 Å². The fourth-order valence-electron chi connectivity index (χ4n) is 3.13. The Bertz CT molecular complexity index is 1350. The highest BCUT2D eigenvalue weighted by molar-refractivity contribution is 6.30. The molecule has 0 fully saturated rings. The molecule has 0 aliphatic carbocycles. The van der Waals surface area contributed by atoms with Crippen molar-refractivity contribution >= 4 is 28.8 Å². The zero-order valence-corrected chi connectivity index (χ0v) is 17.4. The second-order valence-electron chi connectivity index (χ2n) is 6.72. The van der Waals surface area contributed by atoms with Crippen molar-refractivity contribution in [3.63, 3.8) is 0 Å². The minimum atomic E-state index is -0.674. The largest absolute Gasteiger partial charge is 0.497 e. The van der Waals surface area contributed by atoms with Crippen molar-refractivity contribution < 1.29 is 13.9 Å². The number of carbonyl (C=O) groups excluding carboxylic acids is 1. The Morgan fingerprint density at radius 3 is 2.61 bits per heavy atom. The van der Waals surface area contributed by atoms with Gasteiger partial charge in [0.2, 0.25) is 5.91 Å². The molecule has 0 unspecified atom stereocenters. The molecule has 1 amide bonds. The van der Waals surface area contributed by atoms with Gasteiger partial charge in [-0.05, 0) is 49.4 Å². The lowest BCUT2D eigenvalue weighted by atomic mass is 10.1. The molecule has 10 heteroatoms.